The summed E-state index contributed by atoms with van der Waals surface area (Å²) in [6.45, 7) is 0.959. The zero-order valence-corrected chi connectivity index (χ0v) is 9.89. The standard InChI is InChI=1S/C12H15N3S/c13-7-9-3-4-12(11(14)6-9)15-8-10-2-1-5-16-10/h3-4,6,10,15H,1-2,5,8,14H2. The number of rotatable bonds is 3. The molecule has 0 amide bonds. The zero-order valence-electron chi connectivity index (χ0n) is 9.07. The SMILES string of the molecule is N#Cc1ccc(NCC2CCCS2)c(N)c1. The van der Waals surface area contributed by atoms with Crippen LogP contribution in [0.2, 0.25) is 0 Å². The average Bonchev–Trinajstić information content (AvgIpc) is 2.80. The molecule has 1 aromatic carbocycles. The molecule has 0 radical (unpaired) electrons. The molecule has 0 bridgehead atoms. The Bertz CT molecular complexity index is 405. The minimum atomic E-state index is 0.610. The Morgan fingerprint density at radius 1 is 1.56 bits per heavy atom. The molecule has 1 saturated heterocycles. The van der Waals surface area contributed by atoms with E-state index in [1.807, 2.05) is 17.8 Å². The Morgan fingerprint density at radius 2 is 2.44 bits per heavy atom. The van der Waals surface area contributed by atoms with Gasteiger partial charge in [0.15, 0.2) is 0 Å². The van der Waals surface area contributed by atoms with Crippen molar-refractivity contribution in [1.29, 1.82) is 5.26 Å². The molecule has 3 N–H and O–H groups in total. The molecular weight excluding hydrogens is 218 g/mol. The minimum Gasteiger partial charge on any atom is -0.397 e. The third kappa shape index (κ3) is 2.61. The quantitative estimate of drug-likeness (QED) is 0.787. The van der Waals surface area contributed by atoms with Gasteiger partial charge in [0.2, 0.25) is 0 Å². The maximum atomic E-state index is 8.73. The maximum Gasteiger partial charge on any atom is 0.0992 e. The average molecular weight is 233 g/mol. The van der Waals surface area contributed by atoms with Crippen LogP contribution in [0.5, 0.6) is 0 Å². The van der Waals surface area contributed by atoms with E-state index in [9.17, 15) is 0 Å². The first-order chi connectivity index (χ1) is 7.79. The summed E-state index contributed by atoms with van der Waals surface area (Å²) >= 11 is 2.02. The highest BCUT2D eigenvalue weighted by Gasteiger charge is 2.15. The van der Waals surface area contributed by atoms with Gasteiger partial charge >= 0.3 is 0 Å². The normalized spacial score (nSPS) is 19.3. The van der Waals surface area contributed by atoms with Gasteiger partial charge in [-0.2, -0.15) is 17.0 Å². The summed E-state index contributed by atoms with van der Waals surface area (Å²) in [6, 6.07) is 7.47. The molecule has 1 fully saturated rings. The Balaban J connectivity index is 1.96. The van der Waals surface area contributed by atoms with Gasteiger partial charge in [-0.05, 0) is 36.8 Å². The minimum absolute atomic E-state index is 0.610. The van der Waals surface area contributed by atoms with Crippen molar-refractivity contribution in [2.24, 2.45) is 0 Å². The van der Waals surface area contributed by atoms with E-state index in [0.29, 0.717) is 16.5 Å². The van der Waals surface area contributed by atoms with Gasteiger partial charge < -0.3 is 11.1 Å². The number of hydrogen-bond acceptors (Lipinski definition) is 4. The monoisotopic (exact) mass is 233 g/mol. The van der Waals surface area contributed by atoms with Crippen molar-refractivity contribution < 1.29 is 0 Å². The van der Waals surface area contributed by atoms with Gasteiger partial charge in [-0.15, -0.1) is 0 Å². The molecule has 16 heavy (non-hydrogen) atoms. The van der Waals surface area contributed by atoms with Crippen LogP contribution in [-0.2, 0) is 0 Å². The highest BCUT2D eigenvalue weighted by molar-refractivity contribution is 8.00. The molecular formula is C12H15N3S. The van der Waals surface area contributed by atoms with Crippen LogP contribution in [0.1, 0.15) is 18.4 Å². The molecule has 1 aliphatic rings. The number of benzene rings is 1. The fourth-order valence-electron chi connectivity index (χ4n) is 1.82. The lowest BCUT2D eigenvalue weighted by atomic mass is 10.2. The largest absolute Gasteiger partial charge is 0.397 e. The lowest BCUT2D eigenvalue weighted by Gasteiger charge is -2.13. The van der Waals surface area contributed by atoms with Gasteiger partial charge in [-0.3, -0.25) is 0 Å². The molecule has 3 nitrogen and oxygen atoms in total. The van der Waals surface area contributed by atoms with E-state index in [1.54, 1.807) is 12.1 Å². The lowest BCUT2D eigenvalue weighted by molar-refractivity contribution is 0.806. The van der Waals surface area contributed by atoms with Crippen molar-refractivity contribution in [2.75, 3.05) is 23.3 Å². The summed E-state index contributed by atoms with van der Waals surface area (Å²) in [5.41, 5.74) is 8.06. The topological polar surface area (TPSA) is 61.8 Å². The van der Waals surface area contributed by atoms with Gasteiger partial charge in [0, 0.05) is 11.8 Å². The van der Waals surface area contributed by atoms with Crippen LogP contribution >= 0.6 is 11.8 Å². The first-order valence-electron chi connectivity index (χ1n) is 5.44. The van der Waals surface area contributed by atoms with E-state index >= 15 is 0 Å². The molecule has 1 atom stereocenters. The van der Waals surface area contributed by atoms with Crippen LogP contribution in [0, 0.1) is 11.3 Å². The molecule has 0 aromatic heterocycles. The highest BCUT2D eigenvalue weighted by atomic mass is 32.2. The van der Waals surface area contributed by atoms with Crippen molar-refractivity contribution in [1.82, 2.24) is 0 Å². The van der Waals surface area contributed by atoms with Crippen molar-refractivity contribution >= 4 is 23.1 Å². The molecule has 0 saturated carbocycles. The van der Waals surface area contributed by atoms with Gasteiger partial charge in [-0.25, -0.2) is 0 Å². The summed E-state index contributed by atoms with van der Waals surface area (Å²) in [5, 5.41) is 12.8. The molecule has 2 rings (SSSR count). The Hall–Kier alpha value is -1.34. The second kappa shape index (κ2) is 5.13. The summed E-state index contributed by atoms with van der Waals surface area (Å²) in [5.74, 6) is 1.27. The van der Waals surface area contributed by atoms with Crippen LogP contribution in [0.15, 0.2) is 18.2 Å². The van der Waals surface area contributed by atoms with E-state index < -0.39 is 0 Å². The molecule has 84 valence electrons. The van der Waals surface area contributed by atoms with Gasteiger partial charge in [0.05, 0.1) is 23.0 Å². The van der Waals surface area contributed by atoms with Gasteiger partial charge in [-0.1, -0.05) is 0 Å². The van der Waals surface area contributed by atoms with Crippen LogP contribution in [0.4, 0.5) is 11.4 Å². The predicted molar refractivity (Wildman–Crippen MR) is 69.5 cm³/mol. The van der Waals surface area contributed by atoms with E-state index in [1.165, 1.54) is 18.6 Å². The molecule has 1 aliphatic heterocycles. The molecule has 1 heterocycles. The first kappa shape index (κ1) is 11.2. The van der Waals surface area contributed by atoms with E-state index in [0.717, 1.165) is 12.2 Å². The van der Waals surface area contributed by atoms with Crippen LogP contribution in [-0.4, -0.2) is 17.5 Å². The number of thioether (sulfide) groups is 1. The Labute approximate surface area is 100 Å². The maximum absolute atomic E-state index is 8.73. The summed E-state index contributed by atoms with van der Waals surface area (Å²) in [6.07, 6.45) is 2.60. The molecule has 1 unspecified atom stereocenters. The number of nitrogen functional groups attached to an aromatic ring is 1. The fourth-order valence-corrected chi connectivity index (χ4v) is 3.02. The van der Waals surface area contributed by atoms with E-state index in [4.69, 9.17) is 11.0 Å². The van der Waals surface area contributed by atoms with Crippen LogP contribution in [0.25, 0.3) is 0 Å². The summed E-state index contributed by atoms with van der Waals surface area (Å²) < 4.78 is 0. The summed E-state index contributed by atoms with van der Waals surface area (Å²) in [7, 11) is 0. The third-order valence-corrected chi connectivity index (χ3v) is 4.12. The third-order valence-electron chi connectivity index (χ3n) is 2.72. The van der Waals surface area contributed by atoms with E-state index in [-0.39, 0.29) is 0 Å². The fraction of sp³-hybridized carbons (Fsp3) is 0.417. The summed E-state index contributed by atoms with van der Waals surface area (Å²) in [4.78, 5) is 0. The van der Waals surface area contributed by atoms with Crippen molar-refractivity contribution in [3.63, 3.8) is 0 Å². The highest BCUT2D eigenvalue weighted by Crippen LogP contribution is 2.27. The smallest absolute Gasteiger partial charge is 0.0992 e. The number of anilines is 2. The Morgan fingerprint density at radius 3 is 3.06 bits per heavy atom. The van der Waals surface area contributed by atoms with Crippen LogP contribution in [0.3, 0.4) is 0 Å². The predicted octanol–water partition coefficient (Wildman–Crippen LogP) is 2.45. The number of nitriles is 1. The molecule has 0 spiro atoms. The lowest BCUT2D eigenvalue weighted by Crippen LogP contribution is -2.14. The second-order valence-corrected chi connectivity index (χ2v) is 5.34. The number of hydrogen-bond donors (Lipinski definition) is 2. The molecule has 1 aromatic rings. The van der Waals surface area contributed by atoms with Crippen LogP contribution < -0.4 is 11.1 Å². The van der Waals surface area contributed by atoms with Gasteiger partial charge in [0.1, 0.15) is 0 Å². The first-order valence-corrected chi connectivity index (χ1v) is 6.49. The van der Waals surface area contributed by atoms with Crippen molar-refractivity contribution in [3.8, 4) is 6.07 Å². The molecule has 0 aliphatic carbocycles. The number of nitrogens with zero attached hydrogens (tertiary/aromatic N) is 1. The van der Waals surface area contributed by atoms with Crippen molar-refractivity contribution in [2.45, 2.75) is 18.1 Å². The molecule has 4 heteroatoms. The van der Waals surface area contributed by atoms with E-state index in [2.05, 4.69) is 11.4 Å². The van der Waals surface area contributed by atoms with Crippen molar-refractivity contribution in [3.05, 3.63) is 23.8 Å². The Kier molecular flexibility index (Phi) is 3.58. The zero-order chi connectivity index (χ0) is 11.4. The van der Waals surface area contributed by atoms with Gasteiger partial charge in [0.25, 0.3) is 0 Å². The second-order valence-electron chi connectivity index (χ2n) is 3.93. The number of nitrogens with one attached hydrogen (secondary N) is 1. The number of nitrogens with two attached hydrogens (primary N) is 1.